The quantitative estimate of drug-likeness (QED) is 0.276. The maximum absolute atomic E-state index is 13.6. The molecule has 14 heteroatoms. The minimum Gasteiger partial charge on any atom is -0.319 e. The van der Waals surface area contributed by atoms with Crippen LogP contribution in [0.1, 0.15) is 45.0 Å². The fraction of sp³-hybridized carbons (Fsp3) is 0.217. The van der Waals surface area contributed by atoms with Crippen molar-refractivity contribution in [1.29, 1.82) is 0 Å². The van der Waals surface area contributed by atoms with Crippen LogP contribution in [-0.4, -0.2) is 25.7 Å². The third-order valence-electron chi connectivity index (χ3n) is 5.28. The molecular formula is C23H19F6N5OS2. The minimum atomic E-state index is -5.01. The number of anilines is 1. The van der Waals surface area contributed by atoms with Gasteiger partial charge in [0.2, 0.25) is 0 Å². The van der Waals surface area contributed by atoms with Gasteiger partial charge in [0.1, 0.15) is 9.88 Å². The van der Waals surface area contributed by atoms with Gasteiger partial charge in [0.25, 0.3) is 5.91 Å². The van der Waals surface area contributed by atoms with Crippen LogP contribution < -0.4 is 5.32 Å². The van der Waals surface area contributed by atoms with Crippen LogP contribution in [0.5, 0.6) is 0 Å². The number of hydrogen-bond donors (Lipinski definition) is 1. The van der Waals surface area contributed by atoms with Gasteiger partial charge in [0.15, 0.2) is 0 Å². The molecule has 0 aliphatic heterocycles. The molecule has 0 fully saturated rings. The number of carbonyl (C=O) groups is 1. The number of hydrogen-bond acceptors (Lipinski definition) is 5. The third kappa shape index (κ3) is 6.13. The average Bonchev–Trinajstić information content (AvgIpc) is 3.44. The van der Waals surface area contributed by atoms with E-state index in [2.05, 4.69) is 20.4 Å². The number of benzene rings is 1. The number of thiazole rings is 1. The first-order valence-corrected chi connectivity index (χ1v) is 11.2. The summed E-state index contributed by atoms with van der Waals surface area (Å²) in [4.78, 5) is 21.7. The SMILES string of the molecule is Cc1nc(-c2ccccn2)sc1C(=O)Nc1cnn([C@@H](C)c2ccc(C(F)(F)F)cc2C(F)(F)F)c1.S. The average molecular weight is 560 g/mol. The molecule has 4 rings (SSSR count). The molecule has 6 nitrogen and oxygen atoms in total. The van der Waals surface area contributed by atoms with Gasteiger partial charge in [-0.05, 0) is 43.7 Å². The molecule has 1 amide bonds. The van der Waals surface area contributed by atoms with E-state index >= 15 is 0 Å². The van der Waals surface area contributed by atoms with Gasteiger partial charge in [-0.3, -0.25) is 14.5 Å². The number of aryl methyl sites for hydroxylation is 1. The van der Waals surface area contributed by atoms with Gasteiger partial charge >= 0.3 is 12.4 Å². The zero-order valence-electron chi connectivity index (χ0n) is 19.1. The first-order chi connectivity index (χ1) is 16.8. The van der Waals surface area contributed by atoms with E-state index in [0.717, 1.165) is 22.1 Å². The number of rotatable bonds is 5. The third-order valence-corrected chi connectivity index (χ3v) is 6.46. The Hall–Kier alpha value is -3.39. The first kappa shape index (κ1) is 28.2. The van der Waals surface area contributed by atoms with Crippen molar-refractivity contribution in [3.8, 4) is 10.7 Å². The van der Waals surface area contributed by atoms with E-state index in [0.29, 0.717) is 27.3 Å². The minimum absolute atomic E-state index is 0. The normalized spacial score (nSPS) is 12.6. The number of amides is 1. The lowest BCUT2D eigenvalue weighted by Gasteiger charge is -2.20. The number of carbonyl (C=O) groups excluding carboxylic acids is 1. The molecule has 3 aromatic heterocycles. The van der Waals surface area contributed by atoms with Crippen molar-refractivity contribution in [3.05, 3.63) is 82.3 Å². The van der Waals surface area contributed by atoms with Crippen molar-refractivity contribution < 1.29 is 31.1 Å². The van der Waals surface area contributed by atoms with Gasteiger partial charge in [-0.1, -0.05) is 12.1 Å². The van der Waals surface area contributed by atoms with Crippen LogP contribution in [0.25, 0.3) is 10.7 Å². The fourth-order valence-electron chi connectivity index (χ4n) is 3.49. The van der Waals surface area contributed by atoms with E-state index in [1.165, 1.54) is 19.3 Å². The van der Waals surface area contributed by atoms with Gasteiger partial charge in [-0.2, -0.15) is 44.9 Å². The van der Waals surface area contributed by atoms with Gasteiger partial charge in [0, 0.05) is 12.4 Å². The van der Waals surface area contributed by atoms with E-state index < -0.39 is 41.0 Å². The first-order valence-electron chi connectivity index (χ1n) is 10.4. The van der Waals surface area contributed by atoms with Gasteiger partial charge < -0.3 is 5.32 Å². The molecule has 1 N–H and O–H groups in total. The molecule has 0 radical (unpaired) electrons. The Morgan fingerprint density at radius 1 is 1.08 bits per heavy atom. The second kappa shape index (κ2) is 10.5. The molecule has 3 heterocycles. The fourth-order valence-corrected chi connectivity index (χ4v) is 4.43. The van der Waals surface area contributed by atoms with E-state index in [1.54, 1.807) is 31.3 Å². The molecular weight excluding hydrogens is 540 g/mol. The van der Waals surface area contributed by atoms with Crippen molar-refractivity contribution >= 4 is 36.4 Å². The Labute approximate surface area is 217 Å². The Morgan fingerprint density at radius 2 is 1.81 bits per heavy atom. The van der Waals surface area contributed by atoms with Crippen LogP contribution in [0.15, 0.2) is 55.0 Å². The number of alkyl halides is 6. The van der Waals surface area contributed by atoms with Crippen LogP contribution in [0, 0.1) is 6.92 Å². The molecule has 0 unspecified atom stereocenters. The van der Waals surface area contributed by atoms with Crippen LogP contribution in [0.3, 0.4) is 0 Å². The standard InChI is InChI=1S/C23H17F6N5OS.H2S/c1-12-19(36-21(32-12)18-5-3-4-8-30-18)20(35)33-15-10-31-34(11-15)13(2)16-7-6-14(22(24,25)26)9-17(16)23(27,28)29;/h3-11,13H,1-2H3,(H,33,35);1H2/t13-;/m0./s1. The lowest BCUT2D eigenvalue weighted by molar-refractivity contribution is -0.143. The highest BCUT2D eigenvalue weighted by molar-refractivity contribution is 7.59. The molecule has 0 spiro atoms. The highest BCUT2D eigenvalue weighted by Crippen LogP contribution is 2.40. The zero-order valence-corrected chi connectivity index (χ0v) is 21.0. The van der Waals surface area contributed by atoms with Gasteiger partial charge in [-0.15, -0.1) is 11.3 Å². The molecule has 0 bridgehead atoms. The number of halogens is 6. The number of nitrogens with zero attached hydrogens (tertiary/aromatic N) is 4. The Kier molecular flexibility index (Phi) is 8.03. The zero-order chi connectivity index (χ0) is 26.3. The van der Waals surface area contributed by atoms with Crippen LogP contribution >= 0.6 is 24.8 Å². The van der Waals surface area contributed by atoms with Crippen molar-refractivity contribution in [2.45, 2.75) is 32.2 Å². The topological polar surface area (TPSA) is 72.7 Å². The summed E-state index contributed by atoms with van der Waals surface area (Å²) in [6.07, 6.45) is -5.79. The van der Waals surface area contributed by atoms with Crippen molar-refractivity contribution in [2.75, 3.05) is 5.32 Å². The second-order valence-electron chi connectivity index (χ2n) is 7.79. The number of pyridine rings is 1. The predicted molar refractivity (Wildman–Crippen MR) is 131 cm³/mol. The highest BCUT2D eigenvalue weighted by Gasteiger charge is 2.39. The van der Waals surface area contributed by atoms with E-state index in [9.17, 15) is 31.1 Å². The van der Waals surface area contributed by atoms with E-state index in [4.69, 9.17) is 0 Å². The van der Waals surface area contributed by atoms with Gasteiger partial charge in [0.05, 0.1) is 40.4 Å². The Bertz CT molecular complexity index is 1400. The van der Waals surface area contributed by atoms with Crippen molar-refractivity contribution in [1.82, 2.24) is 19.7 Å². The highest BCUT2D eigenvalue weighted by atomic mass is 32.1. The number of aromatic nitrogens is 4. The maximum atomic E-state index is 13.6. The summed E-state index contributed by atoms with van der Waals surface area (Å²) in [6, 6.07) is 5.68. The summed E-state index contributed by atoms with van der Waals surface area (Å²) in [7, 11) is 0. The molecule has 196 valence electrons. The Morgan fingerprint density at radius 3 is 2.43 bits per heavy atom. The predicted octanol–water partition coefficient (Wildman–Crippen LogP) is 6.72. The summed E-state index contributed by atoms with van der Waals surface area (Å²) in [5, 5.41) is 7.17. The van der Waals surface area contributed by atoms with E-state index in [1.807, 2.05) is 0 Å². The molecule has 0 saturated heterocycles. The van der Waals surface area contributed by atoms with Gasteiger partial charge in [-0.25, -0.2) is 4.98 Å². The summed E-state index contributed by atoms with van der Waals surface area (Å²) in [5.41, 5.74) is -1.94. The summed E-state index contributed by atoms with van der Waals surface area (Å²) in [5.74, 6) is -0.495. The lowest BCUT2D eigenvalue weighted by atomic mass is 9.98. The molecule has 4 aromatic rings. The van der Waals surface area contributed by atoms with Crippen molar-refractivity contribution in [3.63, 3.8) is 0 Å². The van der Waals surface area contributed by atoms with Crippen LogP contribution in [-0.2, 0) is 12.4 Å². The van der Waals surface area contributed by atoms with Crippen molar-refractivity contribution in [2.24, 2.45) is 0 Å². The number of nitrogens with one attached hydrogen (secondary N) is 1. The monoisotopic (exact) mass is 559 g/mol. The molecule has 0 saturated carbocycles. The summed E-state index contributed by atoms with van der Waals surface area (Å²) < 4.78 is 80.7. The largest absolute Gasteiger partial charge is 0.416 e. The van der Waals surface area contributed by atoms with Crippen LogP contribution in [0.4, 0.5) is 32.0 Å². The molecule has 0 aliphatic carbocycles. The Balaban J connectivity index is 0.00000380. The maximum Gasteiger partial charge on any atom is 0.416 e. The summed E-state index contributed by atoms with van der Waals surface area (Å²) in [6.45, 7) is 3.02. The molecule has 1 aromatic carbocycles. The second-order valence-corrected chi connectivity index (χ2v) is 8.78. The summed E-state index contributed by atoms with van der Waals surface area (Å²) >= 11 is 1.13. The lowest BCUT2D eigenvalue weighted by Crippen LogP contribution is -2.17. The smallest absolute Gasteiger partial charge is 0.319 e. The molecule has 0 aliphatic rings. The van der Waals surface area contributed by atoms with Crippen LogP contribution in [0.2, 0.25) is 0 Å². The molecule has 37 heavy (non-hydrogen) atoms. The molecule has 1 atom stereocenters. The van der Waals surface area contributed by atoms with E-state index in [-0.39, 0.29) is 25.2 Å².